The lowest BCUT2D eigenvalue weighted by Gasteiger charge is -2.40. The standard InChI is InChI=1S/C11H19N5O2/c1-11(2)14-7(9(12)17)8-10(15-11)16(6-13-8)4-5-18-3/h6,10,14-15H,4-5H2,1-3H3,(H2,12,17). The first-order valence-electron chi connectivity index (χ1n) is 5.83. The molecular formula is C11H19N5O2. The van der Waals surface area contributed by atoms with E-state index in [-0.39, 0.29) is 6.17 Å². The van der Waals surface area contributed by atoms with Gasteiger partial charge >= 0.3 is 0 Å². The second-order valence-corrected chi connectivity index (χ2v) is 4.90. The van der Waals surface area contributed by atoms with Gasteiger partial charge in [-0.2, -0.15) is 0 Å². The molecule has 2 rings (SSSR count). The molecule has 7 heteroatoms. The first-order chi connectivity index (χ1) is 8.44. The fourth-order valence-electron chi connectivity index (χ4n) is 2.11. The molecule has 0 spiro atoms. The summed E-state index contributed by atoms with van der Waals surface area (Å²) in [6.45, 7) is 5.18. The number of primary amides is 1. The van der Waals surface area contributed by atoms with Crippen molar-refractivity contribution in [2.45, 2.75) is 25.7 Å². The van der Waals surface area contributed by atoms with Gasteiger partial charge in [-0.05, 0) is 13.8 Å². The van der Waals surface area contributed by atoms with Crippen molar-refractivity contribution < 1.29 is 9.53 Å². The summed E-state index contributed by atoms with van der Waals surface area (Å²) < 4.78 is 5.06. The molecule has 7 nitrogen and oxygen atoms in total. The van der Waals surface area contributed by atoms with Crippen LogP contribution in [0, 0.1) is 0 Å². The molecule has 0 aromatic heterocycles. The summed E-state index contributed by atoms with van der Waals surface area (Å²) in [5, 5.41) is 6.43. The lowest BCUT2D eigenvalue weighted by atomic mass is 10.1. The number of hydrogen-bond donors (Lipinski definition) is 3. The van der Waals surface area contributed by atoms with Gasteiger partial charge < -0.3 is 20.7 Å². The van der Waals surface area contributed by atoms with Crippen LogP contribution >= 0.6 is 0 Å². The second kappa shape index (κ2) is 4.58. The number of carbonyl (C=O) groups is 1. The summed E-state index contributed by atoms with van der Waals surface area (Å²) in [5.74, 6) is -0.490. The predicted molar refractivity (Wildman–Crippen MR) is 67.4 cm³/mol. The minimum absolute atomic E-state index is 0.140. The van der Waals surface area contributed by atoms with Crippen LogP contribution in [0.1, 0.15) is 13.8 Å². The van der Waals surface area contributed by atoms with E-state index in [4.69, 9.17) is 10.5 Å². The monoisotopic (exact) mass is 253 g/mol. The summed E-state index contributed by atoms with van der Waals surface area (Å²) in [6.07, 6.45) is 1.57. The molecule has 0 fully saturated rings. The SMILES string of the molecule is COCCN1C=NC2=C(C(N)=O)NC(C)(C)NC21. The normalized spacial score (nSPS) is 25.1. The van der Waals surface area contributed by atoms with Crippen molar-refractivity contribution in [2.75, 3.05) is 20.3 Å². The molecule has 4 N–H and O–H groups in total. The molecule has 2 aliphatic heterocycles. The topological polar surface area (TPSA) is 92.0 Å². The molecule has 2 aliphatic rings. The second-order valence-electron chi connectivity index (χ2n) is 4.90. The molecular weight excluding hydrogens is 234 g/mol. The fraction of sp³-hybridized carbons (Fsp3) is 0.636. The number of carbonyl (C=O) groups excluding carboxylic acids is 1. The third-order valence-electron chi connectivity index (χ3n) is 2.93. The van der Waals surface area contributed by atoms with Crippen LogP contribution < -0.4 is 16.4 Å². The van der Waals surface area contributed by atoms with Crippen LogP contribution in [0.2, 0.25) is 0 Å². The molecule has 0 aromatic rings. The van der Waals surface area contributed by atoms with Crippen LogP contribution in [0.4, 0.5) is 0 Å². The van der Waals surface area contributed by atoms with Crippen LogP contribution in [-0.4, -0.2) is 49.2 Å². The van der Waals surface area contributed by atoms with Gasteiger partial charge in [-0.1, -0.05) is 0 Å². The Morgan fingerprint density at radius 1 is 1.67 bits per heavy atom. The lowest BCUT2D eigenvalue weighted by molar-refractivity contribution is -0.115. The summed E-state index contributed by atoms with van der Waals surface area (Å²) in [4.78, 5) is 17.7. The Kier molecular flexibility index (Phi) is 3.27. The third kappa shape index (κ3) is 2.32. The number of fused-ring (bicyclic) bond motifs is 1. The maximum Gasteiger partial charge on any atom is 0.266 e. The van der Waals surface area contributed by atoms with E-state index in [2.05, 4.69) is 15.6 Å². The fourth-order valence-corrected chi connectivity index (χ4v) is 2.11. The number of nitrogens with zero attached hydrogens (tertiary/aromatic N) is 2. The van der Waals surface area contributed by atoms with E-state index in [9.17, 15) is 4.79 Å². The molecule has 2 heterocycles. The lowest BCUT2D eigenvalue weighted by Crippen LogP contribution is -2.64. The van der Waals surface area contributed by atoms with E-state index >= 15 is 0 Å². The molecule has 100 valence electrons. The molecule has 0 bridgehead atoms. The molecule has 18 heavy (non-hydrogen) atoms. The Labute approximate surface area is 106 Å². The average Bonchev–Trinajstić information content (AvgIpc) is 2.66. The van der Waals surface area contributed by atoms with Crippen molar-refractivity contribution in [3.63, 3.8) is 0 Å². The number of aliphatic imine (C=N–C) groups is 1. The molecule has 1 atom stereocenters. The minimum atomic E-state index is -0.490. The molecule has 0 radical (unpaired) electrons. The third-order valence-corrected chi connectivity index (χ3v) is 2.93. The van der Waals surface area contributed by atoms with E-state index < -0.39 is 11.6 Å². The average molecular weight is 253 g/mol. The van der Waals surface area contributed by atoms with Crippen molar-refractivity contribution in [1.29, 1.82) is 0 Å². The zero-order chi connectivity index (χ0) is 13.3. The van der Waals surface area contributed by atoms with Crippen LogP contribution in [0.3, 0.4) is 0 Å². The van der Waals surface area contributed by atoms with Crippen molar-refractivity contribution in [3.05, 3.63) is 11.4 Å². The van der Waals surface area contributed by atoms with E-state index in [1.165, 1.54) is 0 Å². The van der Waals surface area contributed by atoms with Gasteiger partial charge in [0.05, 0.1) is 18.6 Å². The molecule has 0 saturated carbocycles. The highest BCUT2D eigenvalue weighted by Gasteiger charge is 2.39. The van der Waals surface area contributed by atoms with Crippen LogP contribution in [0.25, 0.3) is 0 Å². The smallest absolute Gasteiger partial charge is 0.266 e. The van der Waals surface area contributed by atoms with E-state index in [0.29, 0.717) is 24.5 Å². The highest BCUT2D eigenvalue weighted by atomic mass is 16.5. The zero-order valence-electron chi connectivity index (χ0n) is 10.9. The van der Waals surface area contributed by atoms with Crippen LogP contribution in [0.5, 0.6) is 0 Å². The van der Waals surface area contributed by atoms with Crippen LogP contribution in [-0.2, 0) is 9.53 Å². The molecule has 0 aliphatic carbocycles. The van der Waals surface area contributed by atoms with E-state index in [1.54, 1.807) is 13.4 Å². The van der Waals surface area contributed by atoms with Gasteiger partial charge in [0.2, 0.25) is 0 Å². The first-order valence-corrected chi connectivity index (χ1v) is 5.83. The number of rotatable bonds is 4. The first kappa shape index (κ1) is 12.8. The Hall–Kier alpha value is -1.60. The molecule has 1 unspecified atom stereocenters. The number of methoxy groups -OCH3 is 1. The summed E-state index contributed by atoms with van der Waals surface area (Å²) in [7, 11) is 1.65. The Morgan fingerprint density at radius 2 is 2.39 bits per heavy atom. The highest BCUT2D eigenvalue weighted by molar-refractivity contribution is 5.93. The Balaban J connectivity index is 2.26. The van der Waals surface area contributed by atoms with Crippen LogP contribution in [0.15, 0.2) is 16.4 Å². The maximum atomic E-state index is 11.5. The van der Waals surface area contributed by atoms with Gasteiger partial charge in [0, 0.05) is 13.7 Å². The number of hydrogen-bond acceptors (Lipinski definition) is 6. The maximum absolute atomic E-state index is 11.5. The summed E-state index contributed by atoms with van der Waals surface area (Å²) >= 11 is 0. The number of ether oxygens (including phenoxy) is 1. The van der Waals surface area contributed by atoms with Gasteiger partial charge in [-0.3, -0.25) is 10.1 Å². The zero-order valence-corrected chi connectivity index (χ0v) is 10.9. The van der Waals surface area contributed by atoms with Gasteiger partial charge in [0.1, 0.15) is 17.6 Å². The minimum Gasteiger partial charge on any atom is -0.383 e. The van der Waals surface area contributed by atoms with Crippen molar-refractivity contribution in [3.8, 4) is 0 Å². The number of nitrogens with two attached hydrogens (primary N) is 1. The summed E-state index contributed by atoms with van der Waals surface area (Å²) in [6, 6.07) is 0. The Bertz CT molecular complexity index is 416. The number of amides is 1. The van der Waals surface area contributed by atoms with Gasteiger partial charge in [0.15, 0.2) is 0 Å². The molecule has 1 amide bonds. The van der Waals surface area contributed by atoms with Crippen molar-refractivity contribution >= 4 is 12.2 Å². The number of nitrogens with one attached hydrogen (secondary N) is 2. The van der Waals surface area contributed by atoms with Crippen molar-refractivity contribution in [2.24, 2.45) is 10.7 Å². The van der Waals surface area contributed by atoms with Gasteiger partial charge in [0.25, 0.3) is 5.91 Å². The highest BCUT2D eigenvalue weighted by Crippen LogP contribution is 2.25. The quantitative estimate of drug-likeness (QED) is 0.593. The predicted octanol–water partition coefficient (Wildman–Crippen LogP) is -1.07. The van der Waals surface area contributed by atoms with Gasteiger partial charge in [-0.15, -0.1) is 0 Å². The van der Waals surface area contributed by atoms with Crippen molar-refractivity contribution in [1.82, 2.24) is 15.5 Å². The largest absolute Gasteiger partial charge is 0.383 e. The van der Waals surface area contributed by atoms with E-state index in [1.807, 2.05) is 18.7 Å². The molecule has 0 aromatic carbocycles. The van der Waals surface area contributed by atoms with E-state index in [0.717, 1.165) is 0 Å². The Morgan fingerprint density at radius 3 is 3.00 bits per heavy atom. The van der Waals surface area contributed by atoms with Gasteiger partial charge in [-0.25, -0.2) is 4.99 Å². The molecule has 0 saturated heterocycles. The summed E-state index contributed by atoms with van der Waals surface area (Å²) in [5.41, 5.74) is 5.98.